The Morgan fingerprint density at radius 1 is 1.06 bits per heavy atom. The monoisotopic (exact) mass is 233 g/mol. The molecule has 0 saturated heterocycles. The van der Waals surface area contributed by atoms with Crippen LogP contribution in [0.2, 0.25) is 0 Å². The standard InChI is InChI=1S/C16H27N/c1-11(2)15(14(5)17-6)10-16-12(3)8-7-9-13(16)4/h7-9,11,14-15,17H,10H2,1-6H3. The van der Waals surface area contributed by atoms with Gasteiger partial charge < -0.3 is 5.32 Å². The average molecular weight is 233 g/mol. The van der Waals surface area contributed by atoms with Gasteiger partial charge in [0.2, 0.25) is 0 Å². The minimum absolute atomic E-state index is 0.564. The third-order valence-electron chi connectivity index (χ3n) is 4.04. The maximum absolute atomic E-state index is 3.41. The number of rotatable bonds is 5. The Morgan fingerprint density at radius 3 is 2.00 bits per heavy atom. The quantitative estimate of drug-likeness (QED) is 0.817. The van der Waals surface area contributed by atoms with Crippen molar-refractivity contribution in [3.8, 4) is 0 Å². The molecular weight excluding hydrogens is 206 g/mol. The van der Waals surface area contributed by atoms with E-state index in [-0.39, 0.29) is 0 Å². The molecule has 0 radical (unpaired) electrons. The summed E-state index contributed by atoms with van der Waals surface area (Å²) in [7, 11) is 2.06. The van der Waals surface area contributed by atoms with Crippen LogP contribution in [0.15, 0.2) is 18.2 Å². The van der Waals surface area contributed by atoms with Crippen molar-refractivity contribution < 1.29 is 0 Å². The molecule has 1 rings (SSSR count). The topological polar surface area (TPSA) is 12.0 Å². The van der Waals surface area contributed by atoms with Crippen molar-refractivity contribution in [3.05, 3.63) is 34.9 Å². The Labute approximate surface area is 107 Å². The number of hydrogen-bond donors (Lipinski definition) is 1. The molecule has 1 nitrogen and oxygen atoms in total. The smallest absolute Gasteiger partial charge is 0.00696 e. The van der Waals surface area contributed by atoms with Crippen molar-refractivity contribution in [2.24, 2.45) is 11.8 Å². The van der Waals surface area contributed by atoms with Crippen LogP contribution in [-0.4, -0.2) is 13.1 Å². The van der Waals surface area contributed by atoms with Crippen molar-refractivity contribution in [3.63, 3.8) is 0 Å². The Kier molecular flexibility index (Phi) is 5.20. The van der Waals surface area contributed by atoms with E-state index in [1.54, 1.807) is 0 Å². The fourth-order valence-electron chi connectivity index (χ4n) is 2.61. The summed E-state index contributed by atoms with van der Waals surface area (Å²) in [6.45, 7) is 11.4. The maximum atomic E-state index is 3.41. The van der Waals surface area contributed by atoms with Gasteiger partial charge in [-0.2, -0.15) is 0 Å². The highest BCUT2D eigenvalue weighted by Gasteiger charge is 2.21. The molecule has 0 aliphatic heterocycles. The van der Waals surface area contributed by atoms with Crippen LogP contribution in [0.4, 0.5) is 0 Å². The van der Waals surface area contributed by atoms with Crippen molar-refractivity contribution in [1.29, 1.82) is 0 Å². The van der Waals surface area contributed by atoms with E-state index < -0.39 is 0 Å². The first-order chi connectivity index (χ1) is 7.97. The molecule has 1 heteroatoms. The van der Waals surface area contributed by atoms with Crippen molar-refractivity contribution in [2.75, 3.05) is 7.05 Å². The highest BCUT2D eigenvalue weighted by Crippen LogP contribution is 2.24. The second-order valence-electron chi connectivity index (χ2n) is 5.56. The minimum Gasteiger partial charge on any atom is -0.317 e. The van der Waals surface area contributed by atoms with Gasteiger partial charge in [0, 0.05) is 6.04 Å². The van der Waals surface area contributed by atoms with Crippen LogP contribution < -0.4 is 5.32 Å². The van der Waals surface area contributed by atoms with E-state index in [0.717, 1.165) is 0 Å². The molecule has 0 aliphatic carbocycles. The summed E-state index contributed by atoms with van der Waals surface area (Å²) in [6.07, 6.45) is 1.18. The van der Waals surface area contributed by atoms with E-state index in [2.05, 4.69) is 65.2 Å². The van der Waals surface area contributed by atoms with E-state index >= 15 is 0 Å². The number of benzene rings is 1. The highest BCUT2D eigenvalue weighted by atomic mass is 14.9. The summed E-state index contributed by atoms with van der Waals surface area (Å²) in [5.41, 5.74) is 4.39. The largest absolute Gasteiger partial charge is 0.317 e. The second-order valence-corrected chi connectivity index (χ2v) is 5.56. The zero-order valence-corrected chi connectivity index (χ0v) is 12.2. The van der Waals surface area contributed by atoms with Crippen LogP contribution in [0.5, 0.6) is 0 Å². The second kappa shape index (κ2) is 6.20. The molecule has 0 aromatic heterocycles. The Morgan fingerprint density at radius 2 is 1.59 bits per heavy atom. The molecule has 1 aromatic rings. The Hall–Kier alpha value is -0.820. The maximum Gasteiger partial charge on any atom is 0.00696 e. The molecule has 0 aliphatic rings. The molecule has 1 aromatic carbocycles. The fraction of sp³-hybridized carbons (Fsp3) is 0.625. The first-order valence-corrected chi connectivity index (χ1v) is 6.69. The third kappa shape index (κ3) is 3.57. The van der Waals surface area contributed by atoms with Gasteiger partial charge in [-0.3, -0.25) is 0 Å². The highest BCUT2D eigenvalue weighted by molar-refractivity contribution is 5.34. The van der Waals surface area contributed by atoms with Crippen LogP contribution in [0, 0.1) is 25.7 Å². The van der Waals surface area contributed by atoms with Crippen molar-refractivity contribution >= 4 is 0 Å². The summed E-state index contributed by atoms with van der Waals surface area (Å²) in [5, 5.41) is 3.41. The van der Waals surface area contributed by atoms with Gasteiger partial charge in [0.05, 0.1) is 0 Å². The van der Waals surface area contributed by atoms with Gasteiger partial charge in [0.1, 0.15) is 0 Å². The van der Waals surface area contributed by atoms with Gasteiger partial charge >= 0.3 is 0 Å². The third-order valence-corrected chi connectivity index (χ3v) is 4.04. The van der Waals surface area contributed by atoms with Gasteiger partial charge in [-0.15, -0.1) is 0 Å². The molecule has 96 valence electrons. The Bertz CT molecular complexity index is 334. The molecule has 2 unspecified atom stereocenters. The first kappa shape index (κ1) is 14.2. The van der Waals surface area contributed by atoms with E-state index in [4.69, 9.17) is 0 Å². The molecule has 17 heavy (non-hydrogen) atoms. The molecule has 0 spiro atoms. The molecule has 0 saturated carbocycles. The lowest BCUT2D eigenvalue weighted by Gasteiger charge is -2.28. The van der Waals surface area contributed by atoms with Gasteiger partial charge in [0.15, 0.2) is 0 Å². The van der Waals surface area contributed by atoms with E-state index in [1.165, 1.54) is 23.1 Å². The van der Waals surface area contributed by atoms with Gasteiger partial charge in [0.25, 0.3) is 0 Å². The van der Waals surface area contributed by atoms with E-state index in [1.807, 2.05) is 0 Å². The van der Waals surface area contributed by atoms with Gasteiger partial charge in [-0.1, -0.05) is 32.0 Å². The molecule has 2 atom stereocenters. The summed E-state index contributed by atoms with van der Waals surface area (Å²) in [5.74, 6) is 1.40. The number of hydrogen-bond acceptors (Lipinski definition) is 1. The van der Waals surface area contributed by atoms with Gasteiger partial charge in [-0.05, 0) is 62.8 Å². The molecule has 0 fully saturated rings. The SMILES string of the molecule is CNC(C)C(Cc1c(C)cccc1C)C(C)C. The summed E-state index contributed by atoms with van der Waals surface area (Å²) < 4.78 is 0. The van der Waals surface area contributed by atoms with Gasteiger partial charge in [-0.25, -0.2) is 0 Å². The summed E-state index contributed by atoms with van der Waals surface area (Å²) >= 11 is 0. The van der Waals surface area contributed by atoms with Crippen LogP contribution in [0.25, 0.3) is 0 Å². The average Bonchev–Trinajstić information content (AvgIpc) is 2.27. The predicted molar refractivity (Wildman–Crippen MR) is 76.5 cm³/mol. The lowest BCUT2D eigenvalue weighted by Crippen LogP contribution is -2.35. The fourth-order valence-corrected chi connectivity index (χ4v) is 2.61. The lowest BCUT2D eigenvalue weighted by molar-refractivity contribution is 0.299. The molecule has 0 heterocycles. The number of nitrogens with one attached hydrogen (secondary N) is 1. The lowest BCUT2D eigenvalue weighted by atomic mass is 9.82. The Balaban J connectivity index is 2.94. The zero-order chi connectivity index (χ0) is 13.0. The molecule has 0 bridgehead atoms. The van der Waals surface area contributed by atoms with Crippen LogP contribution >= 0.6 is 0 Å². The molecule has 1 N–H and O–H groups in total. The first-order valence-electron chi connectivity index (χ1n) is 6.69. The summed E-state index contributed by atoms with van der Waals surface area (Å²) in [6, 6.07) is 7.17. The summed E-state index contributed by atoms with van der Waals surface area (Å²) in [4.78, 5) is 0. The van der Waals surface area contributed by atoms with E-state index in [0.29, 0.717) is 17.9 Å². The predicted octanol–water partition coefficient (Wildman–Crippen LogP) is 3.73. The molecule has 0 amide bonds. The van der Waals surface area contributed by atoms with E-state index in [9.17, 15) is 0 Å². The number of aryl methyl sites for hydroxylation is 2. The minimum atomic E-state index is 0.564. The normalized spacial score (nSPS) is 15.0. The van der Waals surface area contributed by atoms with Crippen molar-refractivity contribution in [2.45, 2.75) is 47.1 Å². The zero-order valence-electron chi connectivity index (χ0n) is 12.2. The van der Waals surface area contributed by atoms with Crippen LogP contribution in [-0.2, 0) is 6.42 Å². The van der Waals surface area contributed by atoms with Crippen molar-refractivity contribution in [1.82, 2.24) is 5.32 Å². The van der Waals surface area contributed by atoms with Crippen LogP contribution in [0.3, 0.4) is 0 Å². The van der Waals surface area contributed by atoms with Crippen LogP contribution in [0.1, 0.15) is 37.5 Å². The molecular formula is C16H27N.